The van der Waals surface area contributed by atoms with Gasteiger partial charge in [-0.1, -0.05) is 18.2 Å². The third-order valence-corrected chi connectivity index (χ3v) is 4.57. The van der Waals surface area contributed by atoms with E-state index in [0.717, 1.165) is 10.5 Å². The largest absolute Gasteiger partial charge is 0.351 e. The normalized spacial score (nSPS) is 10.5. The summed E-state index contributed by atoms with van der Waals surface area (Å²) in [6, 6.07) is 11.2. The van der Waals surface area contributed by atoms with E-state index in [4.69, 9.17) is 0 Å². The predicted molar refractivity (Wildman–Crippen MR) is 89.6 cm³/mol. The van der Waals surface area contributed by atoms with Crippen LogP contribution < -0.4 is 5.32 Å². The number of hydrogen-bond donors (Lipinski definition) is 1. The number of carbonyl (C=O) groups excluding carboxylic acids is 1. The Kier molecular flexibility index (Phi) is 5.61. The molecule has 2 aromatic rings. The van der Waals surface area contributed by atoms with Crippen molar-refractivity contribution in [3.63, 3.8) is 0 Å². The Bertz CT molecular complexity index is 627. The van der Waals surface area contributed by atoms with E-state index in [-0.39, 0.29) is 11.7 Å². The van der Waals surface area contributed by atoms with Gasteiger partial charge in [0.1, 0.15) is 5.82 Å². The third-order valence-electron chi connectivity index (χ3n) is 3.57. The lowest BCUT2D eigenvalue weighted by Gasteiger charge is -2.07. The molecule has 0 aromatic heterocycles. The van der Waals surface area contributed by atoms with Crippen LogP contribution in [0.3, 0.4) is 0 Å². The Labute approximate surface area is 135 Å². The fraction of sp³-hybridized carbons (Fsp3) is 0.278. The van der Waals surface area contributed by atoms with Crippen molar-refractivity contribution < 1.29 is 9.18 Å². The van der Waals surface area contributed by atoms with Crippen molar-refractivity contribution in [3.8, 4) is 0 Å². The molecule has 0 saturated carbocycles. The van der Waals surface area contributed by atoms with E-state index in [0.29, 0.717) is 17.9 Å². The number of nitrogens with one attached hydrogen (secondary N) is 1. The fourth-order valence-electron chi connectivity index (χ4n) is 1.95. The number of benzene rings is 2. The lowest BCUT2D eigenvalue weighted by atomic mass is 10.1. The minimum Gasteiger partial charge on any atom is -0.351 e. The Hall–Kier alpha value is -1.81. The van der Waals surface area contributed by atoms with Gasteiger partial charge in [-0.3, -0.25) is 4.79 Å². The summed E-state index contributed by atoms with van der Waals surface area (Å²) in [5.74, 6) is 0.0667. The molecular weight excluding hydrogens is 297 g/mol. The monoisotopic (exact) mass is 317 g/mol. The van der Waals surface area contributed by atoms with Crippen LogP contribution in [0.25, 0.3) is 0 Å². The summed E-state index contributed by atoms with van der Waals surface area (Å²) in [7, 11) is 0. The van der Waals surface area contributed by atoms with Crippen LogP contribution in [-0.2, 0) is 11.3 Å². The highest BCUT2D eigenvalue weighted by molar-refractivity contribution is 8.00. The van der Waals surface area contributed by atoms with Crippen molar-refractivity contribution in [2.45, 2.75) is 32.2 Å². The van der Waals surface area contributed by atoms with Crippen molar-refractivity contribution >= 4 is 17.7 Å². The van der Waals surface area contributed by atoms with Gasteiger partial charge in [0.05, 0.1) is 5.75 Å². The summed E-state index contributed by atoms with van der Waals surface area (Å²) in [5, 5.41) is 2.82. The zero-order chi connectivity index (χ0) is 16.1. The van der Waals surface area contributed by atoms with E-state index >= 15 is 0 Å². The van der Waals surface area contributed by atoms with E-state index < -0.39 is 0 Å². The van der Waals surface area contributed by atoms with Gasteiger partial charge in [0.2, 0.25) is 5.91 Å². The third kappa shape index (κ3) is 4.60. The zero-order valence-electron chi connectivity index (χ0n) is 13.1. The fourth-order valence-corrected chi connectivity index (χ4v) is 2.77. The van der Waals surface area contributed by atoms with Crippen molar-refractivity contribution in [2.75, 3.05) is 5.75 Å². The van der Waals surface area contributed by atoms with E-state index in [1.807, 2.05) is 12.1 Å². The Morgan fingerprint density at radius 3 is 2.45 bits per heavy atom. The standard InChI is InChI=1S/C18H20FNOS/c1-12-5-7-16(8-14(12)3)22-11-18(21)20-10-15-6-4-13(2)17(19)9-15/h4-9H,10-11H2,1-3H3,(H,20,21). The minimum atomic E-state index is -0.240. The second-order valence-electron chi connectivity index (χ2n) is 5.40. The van der Waals surface area contributed by atoms with Gasteiger partial charge in [0.15, 0.2) is 0 Å². The van der Waals surface area contributed by atoms with Crippen molar-refractivity contribution in [3.05, 3.63) is 64.5 Å². The number of aryl methyl sites for hydroxylation is 3. The lowest BCUT2D eigenvalue weighted by Crippen LogP contribution is -2.24. The first-order valence-corrected chi connectivity index (χ1v) is 8.16. The number of rotatable bonds is 5. The molecule has 0 saturated heterocycles. The summed E-state index contributed by atoms with van der Waals surface area (Å²) >= 11 is 1.51. The number of thioether (sulfide) groups is 1. The maximum Gasteiger partial charge on any atom is 0.230 e. The first kappa shape index (κ1) is 16.6. The number of halogens is 1. The molecule has 1 amide bonds. The van der Waals surface area contributed by atoms with Crippen molar-refractivity contribution in [2.24, 2.45) is 0 Å². The van der Waals surface area contributed by atoms with Gasteiger partial charge in [-0.2, -0.15) is 0 Å². The molecule has 0 radical (unpaired) electrons. The quantitative estimate of drug-likeness (QED) is 0.839. The highest BCUT2D eigenvalue weighted by atomic mass is 32.2. The predicted octanol–water partition coefficient (Wildman–Crippen LogP) is 4.16. The molecule has 0 bridgehead atoms. The first-order valence-electron chi connectivity index (χ1n) is 7.17. The average molecular weight is 317 g/mol. The van der Waals surface area contributed by atoms with Crippen LogP contribution in [0, 0.1) is 26.6 Å². The summed E-state index contributed by atoms with van der Waals surface area (Å²) in [5.41, 5.74) is 3.85. The Balaban J connectivity index is 1.82. The molecule has 0 aliphatic heterocycles. The van der Waals surface area contributed by atoms with E-state index in [2.05, 4.69) is 31.3 Å². The summed E-state index contributed by atoms with van der Waals surface area (Å²) in [6.07, 6.45) is 0. The van der Waals surface area contributed by atoms with E-state index in [1.54, 1.807) is 13.0 Å². The van der Waals surface area contributed by atoms with Crippen LogP contribution in [0.15, 0.2) is 41.3 Å². The molecule has 2 rings (SSSR count). The van der Waals surface area contributed by atoms with Gasteiger partial charge in [-0.05, 0) is 61.2 Å². The topological polar surface area (TPSA) is 29.1 Å². The highest BCUT2D eigenvalue weighted by Gasteiger charge is 2.05. The SMILES string of the molecule is Cc1ccc(SCC(=O)NCc2ccc(C)c(F)c2)cc1C. The van der Waals surface area contributed by atoms with Crippen molar-refractivity contribution in [1.29, 1.82) is 0 Å². The highest BCUT2D eigenvalue weighted by Crippen LogP contribution is 2.20. The molecule has 1 N–H and O–H groups in total. The van der Waals surface area contributed by atoms with Gasteiger partial charge >= 0.3 is 0 Å². The smallest absolute Gasteiger partial charge is 0.230 e. The molecule has 2 aromatic carbocycles. The van der Waals surface area contributed by atoms with Gasteiger partial charge in [-0.15, -0.1) is 11.8 Å². The zero-order valence-corrected chi connectivity index (χ0v) is 13.9. The van der Waals surface area contributed by atoms with Gasteiger partial charge in [-0.25, -0.2) is 4.39 Å². The van der Waals surface area contributed by atoms with E-state index in [1.165, 1.54) is 29.0 Å². The minimum absolute atomic E-state index is 0.0517. The second-order valence-corrected chi connectivity index (χ2v) is 6.44. The summed E-state index contributed by atoms with van der Waals surface area (Å²) in [6.45, 7) is 6.20. The van der Waals surface area contributed by atoms with E-state index in [9.17, 15) is 9.18 Å². The molecule has 0 fully saturated rings. The molecule has 0 aliphatic carbocycles. The van der Waals surface area contributed by atoms with Crippen LogP contribution in [0.2, 0.25) is 0 Å². The molecule has 116 valence electrons. The Morgan fingerprint density at radius 2 is 1.77 bits per heavy atom. The molecule has 2 nitrogen and oxygen atoms in total. The molecule has 0 spiro atoms. The van der Waals surface area contributed by atoms with Gasteiger partial charge in [0, 0.05) is 11.4 Å². The van der Waals surface area contributed by atoms with Crippen LogP contribution in [0.5, 0.6) is 0 Å². The number of carbonyl (C=O) groups is 1. The average Bonchev–Trinajstić information content (AvgIpc) is 2.49. The molecule has 0 atom stereocenters. The van der Waals surface area contributed by atoms with Crippen LogP contribution in [0.1, 0.15) is 22.3 Å². The summed E-state index contributed by atoms with van der Waals surface area (Å²) in [4.78, 5) is 13.0. The second kappa shape index (κ2) is 7.45. The Morgan fingerprint density at radius 1 is 1.05 bits per heavy atom. The van der Waals surface area contributed by atoms with Crippen molar-refractivity contribution in [1.82, 2.24) is 5.32 Å². The molecule has 0 heterocycles. The summed E-state index contributed by atoms with van der Waals surface area (Å²) < 4.78 is 13.4. The molecule has 0 unspecified atom stereocenters. The van der Waals surface area contributed by atoms with Gasteiger partial charge in [0.25, 0.3) is 0 Å². The number of amides is 1. The molecular formula is C18H20FNOS. The molecule has 0 aliphatic rings. The van der Waals surface area contributed by atoms with Gasteiger partial charge < -0.3 is 5.32 Å². The van der Waals surface area contributed by atoms with Crippen LogP contribution in [0.4, 0.5) is 4.39 Å². The maximum atomic E-state index is 13.4. The van der Waals surface area contributed by atoms with Crippen LogP contribution >= 0.6 is 11.8 Å². The number of hydrogen-bond acceptors (Lipinski definition) is 2. The maximum absolute atomic E-state index is 13.4. The molecule has 22 heavy (non-hydrogen) atoms. The lowest BCUT2D eigenvalue weighted by molar-refractivity contribution is -0.118. The first-order chi connectivity index (χ1) is 10.5. The molecule has 4 heteroatoms. The van der Waals surface area contributed by atoms with Crippen LogP contribution in [-0.4, -0.2) is 11.7 Å².